The Labute approximate surface area is 143 Å². The number of hydrogen-bond donors (Lipinski definition) is 1. The molecule has 124 valence electrons. The molecular formula is C16H15ClN4O3. The summed E-state index contributed by atoms with van der Waals surface area (Å²) in [6.07, 6.45) is 3.28. The number of rotatable bonds is 3. The summed E-state index contributed by atoms with van der Waals surface area (Å²) >= 11 is 5.85. The molecule has 2 fully saturated rings. The summed E-state index contributed by atoms with van der Waals surface area (Å²) in [6, 6.07) is 6.59. The molecule has 0 radical (unpaired) electrons. The van der Waals surface area contributed by atoms with E-state index < -0.39 is 5.54 Å². The first kappa shape index (κ1) is 15.1. The van der Waals surface area contributed by atoms with Gasteiger partial charge in [0.2, 0.25) is 0 Å². The highest BCUT2D eigenvalue weighted by atomic mass is 35.5. The number of carbonyl (C=O) groups excluding carboxylic acids is 2. The smallest absolute Gasteiger partial charge is 0.325 e. The summed E-state index contributed by atoms with van der Waals surface area (Å²) in [6.45, 7) is 0.00348. The largest absolute Gasteiger partial charge is 0.334 e. The molecule has 1 spiro atoms. The quantitative estimate of drug-likeness (QED) is 0.863. The molecule has 24 heavy (non-hydrogen) atoms. The Bertz CT molecular complexity index is 796. The van der Waals surface area contributed by atoms with Gasteiger partial charge in [-0.15, -0.1) is 0 Å². The van der Waals surface area contributed by atoms with Crippen molar-refractivity contribution in [3.8, 4) is 11.5 Å². The second-order valence-electron chi connectivity index (χ2n) is 6.13. The maximum atomic E-state index is 12.6. The summed E-state index contributed by atoms with van der Waals surface area (Å²) < 4.78 is 5.21. The molecule has 1 aromatic carbocycles. The van der Waals surface area contributed by atoms with E-state index in [2.05, 4.69) is 15.5 Å². The lowest BCUT2D eigenvalue weighted by molar-refractivity contribution is -0.131. The number of hydrogen-bond acceptors (Lipinski definition) is 5. The monoisotopic (exact) mass is 346 g/mol. The van der Waals surface area contributed by atoms with Crippen molar-refractivity contribution in [2.45, 2.75) is 37.8 Å². The lowest BCUT2D eigenvalue weighted by Crippen LogP contribution is -2.44. The molecule has 2 aromatic rings. The van der Waals surface area contributed by atoms with Crippen LogP contribution in [0, 0.1) is 0 Å². The normalized spacial score (nSPS) is 19.3. The maximum Gasteiger partial charge on any atom is 0.325 e. The minimum atomic E-state index is -0.722. The van der Waals surface area contributed by atoms with Crippen LogP contribution in [0.3, 0.4) is 0 Å². The lowest BCUT2D eigenvalue weighted by Gasteiger charge is -2.19. The molecule has 1 saturated carbocycles. The molecule has 0 bridgehead atoms. The molecule has 4 rings (SSSR count). The summed E-state index contributed by atoms with van der Waals surface area (Å²) in [7, 11) is 0. The Morgan fingerprint density at radius 1 is 1.21 bits per heavy atom. The van der Waals surface area contributed by atoms with Crippen molar-refractivity contribution in [2.24, 2.45) is 0 Å². The molecular weight excluding hydrogens is 332 g/mol. The predicted octanol–water partition coefficient (Wildman–Crippen LogP) is 2.75. The number of amides is 3. The molecule has 0 unspecified atom stereocenters. The fourth-order valence-corrected chi connectivity index (χ4v) is 3.43. The van der Waals surface area contributed by atoms with Gasteiger partial charge in [-0.1, -0.05) is 29.6 Å². The first-order valence-corrected chi connectivity index (χ1v) is 8.18. The zero-order chi connectivity index (χ0) is 16.7. The number of benzene rings is 1. The topological polar surface area (TPSA) is 88.3 Å². The van der Waals surface area contributed by atoms with Crippen molar-refractivity contribution in [2.75, 3.05) is 0 Å². The molecule has 1 N–H and O–H groups in total. The van der Waals surface area contributed by atoms with Crippen LogP contribution in [0.4, 0.5) is 4.79 Å². The van der Waals surface area contributed by atoms with Crippen LogP contribution in [0.1, 0.15) is 31.5 Å². The Morgan fingerprint density at radius 2 is 1.92 bits per heavy atom. The van der Waals surface area contributed by atoms with E-state index >= 15 is 0 Å². The van der Waals surface area contributed by atoms with Gasteiger partial charge in [0.05, 0.1) is 6.54 Å². The minimum absolute atomic E-state index is 0.00348. The van der Waals surface area contributed by atoms with E-state index in [1.165, 1.54) is 4.90 Å². The second kappa shape index (κ2) is 5.59. The third-order valence-corrected chi connectivity index (χ3v) is 4.81. The first-order chi connectivity index (χ1) is 11.6. The molecule has 8 heteroatoms. The van der Waals surface area contributed by atoms with Crippen molar-refractivity contribution in [1.82, 2.24) is 20.4 Å². The van der Waals surface area contributed by atoms with Gasteiger partial charge < -0.3 is 9.84 Å². The highest BCUT2D eigenvalue weighted by molar-refractivity contribution is 6.30. The van der Waals surface area contributed by atoms with Crippen molar-refractivity contribution in [3.63, 3.8) is 0 Å². The minimum Gasteiger partial charge on any atom is -0.334 e. The zero-order valence-corrected chi connectivity index (χ0v) is 13.5. The van der Waals surface area contributed by atoms with E-state index in [4.69, 9.17) is 16.1 Å². The van der Waals surface area contributed by atoms with Crippen LogP contribution in [0.25, 0.3) is 11.5 Å². The van der Waals surface area contributed by atoms with Gasteiger partial charge in [0.25, 0.3) is 11.8 Å². The van der Waals surface area contributed by atoms with Crippen molar-refractivity contribution >= 4 is 23.5 Å². The number of nitrogens with zero attached hydrogens (tertiary/aromatic N) is 3. The molecule has 1 aliphatic heterocycles. The summed E-state index contributed by atoms with van der Waals surface area (Å²) in [5.74, 6) is 0.422. The average molecular weight is 347 g/mol. The zero-order valence-electron chi connectivity index (χ0n) is 12.8. The van der Waals surface area contributed by atoms with E-state index in [9.17, 15) is 9.59 Å². The molecule has 1 aliphatic carbocycles. The lowest BCUT2D eigenvalue weighted by atomic mass is 9.98. The molecule has 1 aromatic heterocycles. The van der Waals surface area contributed by atoms with Gasteiger partial charge in [-0.25, -0.2) is 4.79 Å². The Hall–Kier alpha value is -2.41. The van der Waals surface area contributed by atoms with Gasteiger partial charge in [-0.3, -0.25) is 9.69 Å². The Morgan fingerprint density at radius 3 is 2.62 bits per heavy atom. The molecule has 7 nitrogen and oxygen atoms in total. The number of imide groups is 1. The summed E-state index contributed by atoms with van der Waals surface area (Å²) in [5.41, 5.74) is 0.00225. The molecule has 2 heterocycles. The van der Waals surface area contributed by atoms with E-state index in [1.807, 2.05) is 0 Å². The second-order valence-corrected chi connectivity index (χ2v) is 6.57. The van der Waals surface area contributed by atoms with Crippen LogP contribution in [-0.2, 0) is 11.3 Å². The highest BCUT2D eigenvalue weighted by Crippen LogP contribution is 2.35. The Kier molecular flexibility index (Phi) is 3.53. The number of aromatic nitrogens is 2. The van der Waals surface area contributed by atoms with Crippen LogP contribution in [0.5, 0.6) is 0 Å². The fourth-order valence-electron chi connectivity index (χ4n) is 3.31. The summed E-state index contributed by atoms with van der Waals surface area (Å²) in [4.78, 5) is 30.2. The summed E-state index contributed by atoms with van der Waals surface area (Å²) in [5, 5.41) is 7.31. The number of halogens is 1. The van der Waals surface area contributed by atoms with E-state index in [0.717, 1.165) is 18.4 Å². The molecule has 3 amide bonds. The van der Waals surface area contributed by atoms with E-state index in [-0.39, 0.29) is 18.5 Å². The van der Waals surface area contributed by atoms with Crippen LogP contribution in [0.2, 0.25) is 5.02 Å². The Balaban J connectivity index is 1.53. The number of nitrogens with one attached hydrogen (secondary N) is 1. The van der Waals surface area contributed by atoms with Crippen molar-refractivity contribution < 1.29 is 14.1 Å². The fraction of sp³-hybridized carbons (Fsp3) is 0.375. The van der Waals surface area contributed by atoms with Gasteiger partial charge in [0.15, 0.2) is 5.82 Å². The molecule has 0 atom stereocenters. The average Bonchev–Trinajstić information content (AvgIpc) is 3.27. The van der Waals surface area contributed by atoms with Crippen molar-refractivity contribution in [1.29, 1.82) is 0 Å². The number of carbonyl (C=O) groups is 2. The van der Waals surface area contributed by atoms with E-state index in [0.29, 0.717) is 29.6 Å². The van der Waals surface area contributed by atoms with Crippen LogP contribution in [0.15, 0.2) is 28.8 Å². The number of urea groups is 1. The van der Waals surface area contributed by atoms with Crippen LogP contribution in [-0.4, -0.2) is 32.5 Å². The SMILES string of the molecule is O=C1NC2(CCCC2)C(=O)N1Cc1noc(-c2ccc(Cl)cc2)n1. The standard InChI is InChI=1S/C16H15ClN4O3/c17-11-5-3-10(4-6-11)13-18-12(20-24-13)9-21-14(22)16(19-15(21)23)7-1-2-8-16/h3-6H,1-2,7-9H2,(H,19,23). The van der Waals surface area contributed by atoms with Crippen LogP contribution >= 0.6 is 11.6 Å². The third-order valence-electron chi connectivity index (χ3n) is 4.56. The van der Waals surface area contributed by atoms with Gasteiger partial charge in [-0.05, 0) is 37.1 Å². The van der Waals surface area contributed by atoms with Crippen LogP contribution < -0.4 is 5.32 Å². The van der Waals surface area contributed by atoms with Gasteiger partial charge in [-0.2, -0.15) is 4.98 Å². The first-order valence-electron chi connectivity index (χ1n) is 7.80. The van der Waals surface area contributed by atoms with E-state index in [1.54, 1.807) is 24.3 Å². The highest BCUT2D eigenvalue weighted by Gasteiger charge is 2.52. The van der Waals surface area contributed by atoms with Gasteiger partial charge in [0, 0.05) is 10.6 Å². The molecule has 2 aliphatic rings. The predicted molar refractivity (Wildman–Crippen MR) is 85.0 cm³/mol. The molecule has 1 saturated heterocycles. The van der Waals surface area contributed by atoms with Gasteiger partial charge in [0.1, 0.15) is 5.54 Å². The van der Waals surface area contributed by atoms with Crippen molar-refractivity contribution in [3.05, 3.63) is 35.1 Å². The third kappa shape index (κ3) is 2.45. The van der Waals surface area contributed by atoms with Gasteiger partial charge >= 0.3 is 6.03 Å². The maximum absolute atomic E-state index is 12.6.